The third-order valence-corrected chi connectivity index (χ3v) is 11.5. The number of aromatic nitrogens is 4. The van der Waals surface area contributed by atoms with Gasteiger partial charge in [-0.3, -0.25) is 0 Å². The van der Waals surface area contributed by atoms with Crippen molar-refractivity contribution in [2.45, 2.75) is 45.0 Å². The van der Waals surface area contributed by atoms with Gasteiger partial charge in [0.05, 0.1) is 35.4 Å². The largest absolute Gasteiger partial charge is 0.496 e. The summed E-state index contributed by atoms with van der Waals surface area (Å²) in [5.41, 5.74) is 5.47. The molecule has 5 heterocycles. The van der Waals surface area contributed by atoms with Crippen LogP contribution in [0.1, 0.15) is 28.8 Å². The number of ether oxygens (including phenoxy) is 4. The Morgan fingerprint density at radius 1 is 0.983 bits per heavy atom. The fraction of sp³-hybridized carbons (Fsp3) is 0.205. The van der Waals surface area contributed by atoms with Gasteiger partial charge in [-0.05, 0) is 90.0 Å². The van der Waals surface area contributed by atoms with E-state index in [9.17, 15) is 19.4 Å². The van der Waals surface area contributed by atoms with Crippen LogP contribution in [0.5, 0.6) is 23.1 Å². The summed E-state index contributed by atoms with van der Waals surface area (Å²) in [6.07, 6.45) is 1.79. The molecule has 0 fully saturated rings. The van der Waals surface area contributed by atoms with Crippen LogP contribution in [-0.2, 0) is 24.2 Å². The number of hydrogen-bond acceptors (Lipinski definition) is 11. The van der Waals surface area contributed by atoms with Gasteiger partial charge in [-0.15, -0.1) is 11.3 Å². The van der Waals surface area contributed by atoms with E-state index in [-0.39, 0.29) is 25.5 Å². The first kappa shape index (κ1) is 38.7. The smallest absolute Gasteiger partial charge is 0.345 e. The van der Waals surface area contributed by atoms with Crippen molar-refractivity contribution in [3.63, 3.8) is 0 Å². The highest BCUT2D eigenvalue weighted by Crippen LogP contribution is 2.49. The molecule has 9 rings (SSSR count). The van der Waals surface area contributed by atoms with E-state index in [1.807, 2.05) is 49.4 Å². The molecule has 3 aromatic heterocycles. The molecule has 0 aliphatic carbocycles. The predicted molar refractivity (Wildman–Crippen MR) is 218 cm³/mol. The summed E-state index contributed by atoms with van der Waals surface area (Å²) < 4.78 is 38.7. The van der Waals surface area contributed by atoms with Gasteiger partial charge < -0.3 is 29.2 Å². The van der Waals surface area contributed by atoms with Gasteiger partial charge in [0.25, 0.3) is 0 Å². The van der Waals surface area contributed by atoms with Crippen molar-refractivity contribution < 1.29 is 38.3 Å². The van der Waals surface area contributed by atoms with E-state index in [0.29, 0.717) is 84.7 Å². The Bertz CT molecular complexity index is 2640. The molecular formula is C44H36ClFN4O7S. The number of carbonyl (C=O) groups is 1. The molecule has 0 unspecified atom stereocenters. The highest BCUT2D eigenvalue weighted by Gasteiger charge is 2.29. The van der Waals surface area contributed by atoms with E-state index in [1.165, 1.54) is 29.8 Å². The Hall–Kier alpha value is -6.15. The number of aliphatic carboxylic acids is 1. The first-order valence-corrected chi connectivity index (χ1v) is 19.6. The molecule has 4 aromatic carbocycles. The average molecular weight is 819 g/mol. The maximum Gasteiger partial charge on any atom is 0.345 e. The lowest BCUT2D eigenvalue weighted by Gasteiger charge is -2.20. The van der Waals surface area contributed by atoms with Crippen LogP contribution in [0.2, 0.25) is 5.02 Å². The molecule has 0 spiro atoms. The quantitative estimate of drug-likeness (QED) is 0.152. The summed E-state index contributed by atoms with van der Waals surface area (Å²) in [6, 6.07) is 24.5. The molecule has 294 valence electrons. The fourth-order valence-corrected chi connectivity index (χ4v) is 8.33. The van der Waals surface area contributed by atoms with E-state index >= 15 is 0 Å². The maximum atomic E-state index is 14.1. The summed E-state index contributed by atoms with van der Waals surface area (Å²) in [6.45, 7) is 1.65. The molecule has 14 heteroatoms. The van der Waals surface area contributed by atoms with Crippen LogP contribution in [0.25, 0.3) is 43.2 Å². The van der Waals surface area contributed by atoms with Crippen LogP contribution in [0.4, 0.5) is 4.39 Å². The van der Waals surface area contributed by atoms with Crippen LogP contribution < -0.4 is 18.9 Å². The van der Waals surface area contributed by atoms with Crippen molar-refractivity contribution in [3.05, 3.63) is 131 Å². The number of thiophene rings is 1. The number of nitrogens with zero attached hydrogens (tertiary/aromatic N) is 4. The van der Waals surface area contributed by atoms with Gasteiger partial charge in [0.15, 0.2) is 5.82 Å². The van der Waals surface area contributed by atoms with Gasteiger partial charge in [-0.2, -0.15) is 0 Å². The van der Waals surface area contributed by atoms with E-state index in [4.69, 9.17) is 35.5 Å². The standard InChI is InChI=1S/C44H36ClFN4O7S/c1-24-31-14-16-35(39(24)45)56-30(21-51)13-7-25-8-15-33(55-22-29-17-18-47-41(50-29)32-5-3-4-6-34(32)54-2)27(19-25)20-36(44(52)53)57-42-38-37(31)40(58-43(38)49-23-48-42)26-9-11-28(46)12-10-26/h3-6,8-12,14-19,23,30,36,51H,7,13,20-22H2,1-2H3,(H,52,53)/t30-,36+/m0/s1. The second-order valence-electron chi connectivity index (χ2n) is 13.6. The normalized spacial score (nSPS) is 15.3. The number of fused-ring (bicyclic) bond motifs is 7. The molecule has 0 radical (unpaired) electrons. The Morgan fingerprint density at radius 2 is 1.81 bits per heavy atom. The third-order valence-electron chi connectivity index (χ3n) is 9.93. The minimum Gasteiger partial charge on any atom is -0.496 e. The number of aliphatic hydroxyl groups excluding tert-OH is 1. The van der Waals surface area contributed by atoms with Gasteiger partial charge in [0.2, 0.25) is 12.0 Å². The lowest BCUT2D eigenvalue weighted by molar-refractivity contribution is -0.145. The number of rotatable bonds is 8. The molecule has 2 aliphatic rings. The van der Waals surface area contributed by atoms with E-state index in [0.717, 1.165) is 16.0 Å². The second kappa shape index (κ2) is 16.8. The Morgan fingerprint density at radius 3 is 2.60 bits per heavy atom. The molecule has 4 bridgehead atoms. The van der Waals surface area contributed by atoms with Crippen LogP contribution >= 0.6 is 22.9 Å². The second-order valence-corrected chi connectivity index (χ2v) is 15.0. The molecule has 0 amide bonds. The number of hydrogen-bond donors (Lipinski definition) is 2. The zero-order valence-electron chi connectivity index (χ0n) is 31.3. The SMILES string of the molecule is COc1ccccc1-c1nccc(COc2ccc3cc2C[C@H](C(=O)O)Oc2ncnc4sc(-c5ccc(F)cc5)c(c24)-c2ccc(c(Cl)c2C)O[C@H](CO)CC3)n1. The van der Waals surface area contributed by atoms with Gasteiger partial charge >= 0.3 is 5.97 Å². The number of halogens is 2. The van der Waals surface area contributed by atoms with Gasteiger partial charge in [0.1, 0.15) is 46.9 Å². The van der Waals surface area contributed by atoms with Gasteiger partial charge in [-0.1, -0.05) is 54.1 Å². The molecule has 2 N–H and O–H groups in total. The minimum atomic E-state index is -1.41. The predicted octanol–water partition coefficient (Wildman–Crippen LogP) is 8.93. The van der Waals surface area contributed by atoms with Crippen LogP contribution in [0.3, 0.4) is 0 Å². The zero-order valence-corrected chi connectivity index (χ0v) is 32.9. The highest BCUT2D eigenvalue weighted by molar-refractivity contribution is 7.22. The molecule has 7 aromatic rings. The molecular weight excluding hydrogens is 783 g/mol. The lowest BCUT2D eigenvalue weighted by Crippen LogP contribution is -2.30. The van der Waals surface area contributed by atoms with Crippen molar-refractivity contribution >= 4 is 39.1 Å². The summed E-state index contributed by atoms with van der Waals surface area (Å²) in [5, 5.41) is 21.9. The van der Waals surface area contributed by atoms with Crippen molar-refractivity contribution in [1.29, 1.82) is 0 Å². The number of methoxy groups -OCH3 is 1. The number of carboxylic acid groups (broad SMARTS) is 1. The number of carboxylic acids is 1. The van der Waals surface area contributed by atoms with Crippen molar-refractivity contribution in [2.24, 2.45) is 0 Å². The summed E-state index contributed by atoms with van der Waals surface area (Å²) in [7, 11) is 1.59. The van der Waals surface area contributed by atoms with Crippen LogP contribution in [0, 0.1) is 12.7 Å². The molecule has 11 nitrogen and oxygen atoms in total. The summed E-state index contributed by atoms with van der Waals surface area (Å²) in [4.78, 5) is 32.5. The molecule has 0 saturated heterocycles. The van der Waals surface area contributed by atoms with Gasteiger partial charge in [-0.25, -0.2) is 29.1 Å². The first-order chi connectivity index (χ1) is 28.2. The number of para-hydroxylation sites is 1. The number of aliphatic hydroxyl groups is 1. The van der Waals surface area contributed by atoms with Crippen molar-refractivity contribution in [1.82, 2.24) is 19.9 Å². The summed E-state index contributed by atoms with van der Waals surface area (Å²) >= 11 is 8.34. The Kier molecular flexibility index (Phi) is 11.2. The van der Waals surface area contributed by atoms with Crippen LogP contribution in [-0.4, -0.2) is 62.0 Å². The Labute approximate surface area is 341 Å². The number of aryl methyl sites for hydroxylation is 1. The summed E-state index contributed by atoms with van der Waals surface area (Å²) in [5.74, 6) is 0.385. The molecule has 2 aliphatic heterocycles. The molecule has 2 atom stereocenters. The first-order valence-electron chi connectivity index (χ1n) is 18.4. The Balaban J connectivity index is 1.22. The number of benzene rings is 4. The monoisotopic (exact) mass is 818 g/mol. The van der Waals surface area contributed by atoms with Gasteiger partial charge in [0, 0.05) is 23.1 Å². The highest BCUT2D eigenvalue weighted by atomic mass is 35.5. The molecule has 0 saturated carbocycles. The van der Waals surface area contributed by atoms with E-state index in [2.05, 4.69) is 15.0 Å². The lowest BCUT2D eigenvalue weighted by atomic mass is 9.96. The van der Waals surface area contributed by atoms with Crippen molar-refractivity contribution in [3.8, 4) is 56.1 Å². The molecule has 58 heavy (non-hydrogen) atoms. The average Bonchev–Trinajstić information content (AvgIpc) is 3.63. The third kappa shape index (κ3) is 7.88. The van der Waals surface area contributed by atoms with E-state index in [1.54, 1.807) is 43.6 Å². The van der Waals surface area contributed by atoms with Crippen molar-refractivity contribution in [2.75, 3.05) is 13.7 Å². The zero-order chi connectivity index (χ0) is 40.3. The topological polar surface area (TPSA) is 146 Å². The fourth-order valence-electron chi connectivity index (χ4n) is 6.96. The maximum absolute atomic E-state index is 14.1. The minimum absolute atomic E-state index is 0.0565. The van der Waals surface area contributed by atoms with E-state index < -0.39 is 24.0 Å². The van der Waals surface area contributed by atoms with Crippen LogP contribution in [0.15, 0.2) is 97.5 Å².